The highest BCUT2D eigenvalue weighted by atomic mass is 16.5. The van der Waals surface area contributed by atoms with Crippen molar-refractivity contribution in [2.45, 2.75) is 25.7 Å². The van der Waals surface area contributed by atoms with Crippen LogP contribution in [-0.2, 0) is 11.2 Å². The van der Waals surface area contributed by atoms with Gasteiger partial charge in [-0.25, -0.2) is 0 Å². The molecule has 0 fully saturated rings. The quantitative estimate of drug-likeness (QED) is 0.868. The third-order valence-electron chi connectivity index (χ3n) is 2.75. The van der Waals surface area contributed by atoms with Crippen molar-refractivity contribution in [2.75, 3.05) is 0 Å². The summed E-state index contributed by atoms with van der Waals surface area (Å²) in [5.41, 5.74) is 6.19. The van der Waals surface area contributed by atoms with E-state index in [2.05, 4.69) is 10.1 Å². The average molecular weight is 245 g/mol. The number of primary amides is 1. The fourth-order valence-electron chi connectivity index (χ4n) is 1.66. The van der Waals surface area contributed by atoms with Gasteiger partial charge in [0.15, 0.2) is 5.82 Å². The first kappa shape index (κ1) is 12.3. The molecule has 1 atom stereocenters. The Morgan fingerprint density at radius 2 is 2.11 bits per heavy atom. The van der Waals surface area contributed by atoms with Gasteiger partial charge in [-0.2, -0.15) is 4.98 Å². The number of aromatic nitrogens is 2. The molecule has 0 spiro atoms. The fourth-order valence-corrected chi connectivity index (χ4v) is 1.66. The number of benzene rings is 1. The summed E-state index contributed by atoms with van der Waals surface area (Å²) in [6, 6.07) is 9.92. The van der Waals surface area contributed by atoms with Crippen molar-refractivity contribution >= 4 is 5.91 Å². The number of amides is 1. The molecule has 0 saturated heterocycles. The Morgan fingerprint density at radius 1 is 1.39 bits per heavy atom. The second kappa shape index (κ2) is 5.44. The Morgan fingerprint density at radius 3 is 2.78 bits per heavy atom. The SMILES string of the molecule is CC(c1ccccc1)c1nc(CCC(N)=O)no1. The molecule has 0 radical (unpaired) electrons. The molecule has 1 amide bonds. The van der Waals surface area contributed by atoms with E-state index in [1.165, 1.54) is 0 Å². The summed E-state index contributed by atoms with van der Waals surface area (Å²) in [6.07, 6.45) is 0.652. The summed E-state index contributed by atoms with van der Waals surface area (Å²) in [4.78, 5) is 14.9. The van der Waals surface area contributed by atoms with Gasteiger partial charge in [-0.05, 0) is 12.5 Å². The van der Waals surface area contributed by atoms with Gasteiger partial charge < -0.3 is 10.3 Å². The summed E-state index contributed by atoms with van der Waals surface area (Å²) in [7, 11) is 0. The molecule has 1 aromatic carbocycles. The van der Waals surface area contributed by atoms with Crippen LogP contribution in [0.2, 0.25) is 0 Å². The molecule has 94 valence electrons. The molecule has 1 aromatic heterocycles. The molecule has 18 heavy (non-hydrogen) atoms. The van der Waals surface area contributed by atoms with Gasteiger partial charge in [0.05, 0.1) is 5.92 Å². The van der Waals surface area contributed by atoms with Crippen molar-refractivity contribution in [3.05, 3.63) is 47.6 Å². The highest BCUT2D eigenvalue weighted by Crippen LogP contribution is 2.22. The van der Waals surface area contributed by atoms with Crippen LogP contribution in [0.5, 0.6) is 0 Å². The van der Waals surface area contributed by atoms with Gasteiger partial charge in [-0.1, -0.05) is 35.5 Å². The summed E-state index contributed by atoms with van der Waals surface area (Å²) in [5, 5.41) is 3.84. The van der Waals surface area contributed by atoms with Crippen molar-refractivity contribution < 1.29 is 9.32 Å². The lowest BCUT2D eigenvalue weighted by molar-refractivity contribution is -0.118. The molecule has 5 heteroatoms. The van der Waals surface area contributed by atoms with Gasteiger partial charge in [0.2, 0.25) is 11.8 Å². The molecule has 2 N–H and O–H groups in total. The maximum absolute atomic E-state index is 10.7. The Labute approximate surface area is 105 Å². The zero-order chi connectivity index (χ0) is 13.0. The lowest BCUT2D eigenvalue weighted by atomic mass is 10.0. The second-order valence-corrected chi connectivity index (χ2v) is 4.15. The van der Waals surface area contributed by atoms with E-state index in [1.54, 1.807) is 0 Å². The van der Waals surface area contributed by atoms with Crippen LogP contribution in [-0.4, -0.2) is 16.0 Å². The molecule has 0 saturated carbocycles. The summed E-state index contributed by atoms with van der Waals surface area (Å²) < 4.78 is 5.20. The van der Waals surface area contributed by atoms with Gasteiger partial charge in [0.25, 0.3) is 0 Å². The Balaban J connectivity index is 2.08. The van der Waals surface area contributed by atoms with E-state index in [4.69, 9.17) is 10.3 Å². The highest BCUT2D eigenvalue weighted by molar-refractivity contribution is 5.73. The molecular weight excluding hydrogens is 230 g/mol. The van der Waals surface area contributed by atoms with Crippen molar-refractivity contribution in [3.63, 3.8) is 0 Å². The van der Waals surface area contributed by atoms with Crippen LogP contribution >= 0.6 is 0 Å². The Hall–Kier alpha value is -2.17. The standard InChI is InChI=1S/C13H15N3O2/c1-9(10-5-3-2-4-6-10)13-15-12(16-18-13)8-7-11(14)17/h2-6,9H,7-8H2,1H3,(H2,14,17). The van der Waals surface area contributed by atoms with Gasteiger partial charge in [0, 0.05) is 12.8 Å². The molecule has 0 aliphatic heterocycles. The fraction of sp³-hybridized carbons (Fsp3) is 0.308. The van der Waals surface area contributed by atoms with Crippen molar-refractivity contribution in [2.24, 2.45) is 5.73 Å². The zero-order valence-electron chi connectivity index (χ0n) is 10.2. The number of nitrogens with two attached hydrogens (primary N) is 1. The number of nitrogens with zero attached hydrogens (tertiary/aromatic N) is 2. The summed E-state index contributed by atoms with van der Waals surface area (Å²) in [5.74, 6) is 0.755. The van der Waals surface area contributed by atoms with Crippen LogP contribution in [0.4, 0.5) is 0 Å². The van der Waals surface area contributed by atoms with E-state index in [9.17, 15) is 4.79 Å². The molecule has 0 aliphatic rings. The first-order valence-corrected chi connectivity index (χ1v) is 5.82. The van der Waals surface area contributed by atoms with Gasteiger partial charge >= 0.3 is 0 Å². The van der Waals surface area contributed by atoms with Gasteiger partial charge in [-0.15, -0.1) is 0 Å². The van der Waals surface area contributed by atoms with Gasteiger partial charge in [-0.3, -0.25) is 4.79 Å². The maximum Gasteiger partial charge on any atom is 0.233 e. The minimum atomic E-state index is -0.363. The number of aryl methyl sites for hydroxylation is 1. The number of hydrogen-bond acceptors (Lipinski definition) is 4. The Kier molecular flexibility index (Phi) is 3.72. The molecular formula is C13H15N3O2. The summed E-state index contributed by atoms with van der Waals surface area (Å²) in [6.45, 7) is 2.00. The van der Waals surface area contributed by atoms with E-state index < -0.39 is 0 Å². The number of carbonyl (C=O) groups is 1. The maximum atomic E-state index is 10.7. The average Bonchev–Trinajstić information content (AvgIpc) is 2.85. The van der Waals surface area contributed by atoms with Crippen LogP contribution in [0.1, 0.15) is 36.5 Å². The Bertz CT molecular complexity index is 522. The largest absolute Gasteiger partial charge is 0.370 e. The minimum Gasteiger partial charge on any atom is -0.370 e. The number of rotatable bonds is 5. The first-order chi connectivity index (χ1) is 8.66. The lowest BCUT2D eigenvalue weighted by Gasteiger charge is -2.05. The molecule has 0 aliphatic carbocycles. The third-order valence-corrected chi connectivity index (χ3v) is 2.75. The molecule has 2 aromatic rings. The lowest BCUT2D eigenvalue weighted by Crippen LogP contribution is -2.11. The molecule has 1 heterocycles. The normalized spacial score (nSPS) is 12.3. The zero-order valence-corrected chi connectivity index (χ0v) is 10.2. The van der Waals surface area contributed by atoms with E-state index in [1.807, 2.05) is 37.3 Å². The van der Waals surface area contributed by atoms with Crippen molar-refractivity contribution in [3.8, 4) is 0 Å². The van der Waals surface area contributed by atoms with E-state index in [-0.39, 0.29) is 18.2 Å². The van der Waals surface area contributed by atoms with Crippen LogP contribution in [0, 0.1) is 0 Å². The van der Waals surface area contributed by atoms with E-state index in [0.29, 0.717) is 18.1 Å². The molecule has 1 unspecified atom stereocenters. The molecule has 2 rings (SSSR count). The smallest absolute Gasteiger partial charge is 0.233 e. The number of carbonyl (C=O) groups excluding carboxylic acids is 1. The van der Waals surface area contributed by atoms with Crippen LogP contribution in [0.15, 0.2) is 34.9 Å². The van der Waals surface area contributed by atoms with Crippen LogP contribution in [0.25, 0.3) is 0 Å². The predicted molar refractivity (Wildman–Crippen MR) is 65.8 cm³/mol. The van der Waals surface area contributed by atoms with Gasteiger partial charge in [0.1, 0.15) is 0 Å². The first-order valence-electron chi connectivity index (χ1n) is 5.82. The second-order valence-electron chi connectivity index (χ2n) is 4.15. The predicted octanol–water partition coefficient (Wildman–Crippen LogP) is 1.64. The van der Waals surface area contributed by atoms with Crippen LogP contribution in [0.3, 0.4) is 0 Å². The van der Waals surface area contributed by atoms with Crippen molar-refractivity contribution in [1.82, 2.24) is 10.1 Å². The topological polar surface area (TPSA) is 82.0 Å². The van der Waals surface area contributed by atoms with Crippen LogP contribution < -0.4 is 5.73 Å². The highest BCUT2D eigenvalue weighted by Gasteiger charge is 2.16. The van der Waals surface area contributed by atoms with E-state index in [0.717, 1.165) is 5.56 Å². The summed E-state index contributed by atoms with van der Waals surface area (Å²) >= 11 is 0. The molecule has 5 nitrogen and oxygen atoms in total. The van der Waals surface area contributed by atoms with E-state index >= 15 is 0 Å². The monoisotopic (exact) mass is 245 g/mol. The number of hydrogen-bond donors (Lipinski definition) is 1. The molecule has 0 bridgehead atoms. The third kappa shape index (κ3) is 2.94. The van der Waals surface area contributed by atoms with Crippen molar-refractivity contribution in [1.29, 1.82) is 0 Å². The minimum absolute atomic E-state index is 0.0426.